The first kappa shape index (κ1) is 21.1. The molecule has 0 spiro atoms. The van der Waals surface area contributed by atoms with Gasteiger partial charge in [-0.3, -0.25) is 4.79 Å². The van der Waals surface area contributed by atoms with Crippen molar-refractivity contribution < 1.29 is 4.79 Å². The molecule has 0 saturated heterocycles. The summed E-state index contributed by atoms with van der Waals surface area (Å²) in [6.45, 7) is 10.8. The summed E-state index contributed by atoms with van der Waals surface area (Å²) < 4.78 is 1.71. The molecule has 1 atom stereocenters. The molecule has 2 rings (SSSR count). The van der Waals surface area contributed by atoms with Gasteiger partial charge in [-0.15, -0.1) is 12.4 Å². The fourth-order valence-corrected chi connectivity index (χ4v) is 2.52. The highest BCUT2D eigenvalue weighted by molar-refractivity contribution is 5.85. The molecule has 138 valence electrons. The highest BCUT2D eigenvalue weighted by Gasteiger charge is 2.17. The minimum absolute atomic E-state index is 0. The molecule has 1 amide bonds. The molecule has 3 N–H and O–H groups in total. The molecule has 1 unspecified atom stereocenters. The van der Waals surface area contributed by atoms with Gasteiger partial charge in [0.1, 0.15) is 0 Å². The van der Waals surface area contributed by atoms with Crippen LogP contribution < -0.4 is 11.1 Å². The second kappa shape index (κ2) is 8.92. The van der Waals surface area contributed by atoms with Gasteiger partial charge < -0.3 is 11.1 Å². The molecule has 0 bridgehead atoms. The van der Waals surface area contributed by atoms with Gasteiger partial charge in [0.25, 0.3) is 5.95 Å². The van der Waals surface area contributed by atoms with Gasteiger partial charge in [-0.1, -0.05) is 6.92 Å². The van der Waals surface area contributed by atoms with Crippen LogP contribution in [0.2, 0.25) is 0 Å². The van der Waals surface area contributed by atoms with E-state index in [0.717, 1.165) is 28.3 Å². The Morgan fingerprint density at radius 1 is 1.24 bits per heavy atom. The third-order valence-corrected chi connectivity index (χ3v) is 3.99. The van der Waals surface area contributed by atoms with Crippen LogP contribution in [0.3, 0.4) is 0 Å². The van der Waals surface area contributed by atoms with Gasteiger partial charge in [0, 0.05) is 29.2 Å². The van der Waals surface area contributed by atoms with Crippen LogP contribution in [0.5, 0.6) is 0 Å². The number of nitrogens with one attached hydrogen (secondary N) is 1. The first-order valence-electron chi connectivity index (χ1n) is 8.16. The van der Waals surface area contributed by atoms with Crippen LogP contribution in [0.15, 0.2) is 6.07 Å². The van der Waals surface area contributed by atoms with Crippen LogP contribution in [0.1, 0.15) is 35.3 Å². The zero-order valence-electron chi connectivity index (χ0n) is 15.5. The van der Waals surface area contributed by atoms with Gasteiger partial charge in [-0.05, 0) is 46.2 Å². The lowest BCUT2D eigenvalue weighted by Gasteiger charge is -2.10. The average Bonchev–Trinajstić information content (AvgIpc) is 2.79. The Morgan fingerprint density at radius 3 is 2.40 bits per heavy atom. The van der Waals surface area contributed by atoms with Crippen LogP contribution in [-0.2, 0) is 11.2 Å². The standard InChI is InChI=1S/C17H26N6O.ClH/c1-10(8-18)9-19-16(24)7-15-13(4)22-23(14(15)5)17-20-11(2)6-12(3)21-17;/h6,10H,7-9,18H2,1-5H3,(H,19,24);1H. The van der Waals surface area contributed by atoms with E-state index in [2.05, 4.69) is 20.4 Å². The highest BCUT2D eigenvalue weighted by Crippen LogP contribution is 2.17. The number of halogens is 1. The minimum Gasteiger partial charge on any atom is -0.355 e. The second-order valence-corrected chi connectivity index (χ2v) is 6.33. The van der Waals surface area contributed by atoms with E-state index in [-0.39, 0.29) is 24.2 Å². The van der Waals surface area contributed by atoms with Crippen LogP contribution in [-0.4, -0.2) is 38.7 Å². The zero-order valence-corrected chi connectivity index (χ0v) is 16.3. The summed E-state index contributed by atoms with van der Waals surface area (Å²) in [5, 5.41) is 7.44. The van der Waals surface area contributed by atoms with E-state index in [1.165, 1.54) is 0 Å². The predicted octanol–water partition coefficient (Wildman–Crippen LogP) is 1.57. The molecular weight excluding hydrogens is 340 g/mol. The number of aromatic nitrogens is 4. The fraction of sp³-hybridized carbons (Fsp3) is 0.529. The van der Waals surface area contributed by atoms with Crippen molar-refractivity contribution in [3.05, 3.63) is 34.4 Å². The first-order valence-corrected chi connectivity index (χ1v) is 8.16. The van der Waals surface area contributed by atoms with E-state index in [0.29, 0.717) is 25.5 Å². The molecule has 2 aromatic heterocycles. The van der Waals surface area contributed by atoms with Crippen molar-refractivity contribution in [2.24, 2.45) is 11.7 Å². The van der Waals surface area contributed by atoms with Crippen molar-refractivity contribution in [2.75, 3.05) is 13.1 Å². The van der Waals surface area contributed by atoms with Crippen LogP contribution in [0.25, 0.3) is 5.95 Å². The maximum atomic E-state index is 12.2. The minimum atomic E-state index is -0.0256. The maximum Gasteiger partial charge on any atom is 0.251 e. The number of amides is 1. The van der Waals surface area contributed by atoms with Gasteiger partial charge in [0.2, 0.25) is 5.91 Å². The van der Waals surface area contributed by atoms with Gasteiger partial charge in [-0.2, -0.15) is 5.10 Å². The van der Waals surface area contributed by atoms with Crippen molar-refractivity contribution in [1.29, 1.82) is 0 Å². The first-order chi connectivity index (χ1) is 11.3. The summed E-state index contributed by atoms with van der Waals surface area (Å²) in [6.07, 6.45) is 0.291. The third-order valence-electron chi connectivity index (χ3n) is 3.99. The number of hydrogen-bond donors (Lipinski definition) is 2. The van der Waals surface area contributed by atoms with Crippen molar-refractivity contribution in [2.45, 2.75) is 41.0 Å². The summed E-state index contributed by atoms with van der Waals surface area (Å²) in [4.78, 5) is 21.1. The SMILES string of the molecule is Cc1cc(C)nc(-n2nc(C)c(CC(=O)NCC(C)CN)c2C)n1.Cl. The quantitative estimate of drug-likeness (QED) is 0.808. The van der Waals surface area contributed by atoms with E-state index in [1.807, 2.05) is 40.7 Å². The lowest BCUT2D eigenvalue weighted by molar-refractivity contribution is -0.120. The largest absolute Gasteiger partial charge is 0.355 e. The van der Waals surface area contributed by atoms with Gasteiger partial charge in [-0.25, -0.2) is 14.6 Å². The average molecular weight is 367 g/mol. The molecule has 25 heavy (non-hydrogen) atoms. The number of hydrogen-bond acceptors (Lipinski definition) is 5. The molecule has 0 fully saturated rings. The number of aryl methyl sites for hydroxylation is 3. The smallest absolute Gasteiger partial charge is 0.251 e. The fourth-order valence-electron chi connectivity index (χ4n) is 2.52. The zero-order chi connectivity index (χ0) is 17.9. The Bertz CT molecular complexity index is 723. The third kappa shape index (κ3) is 5.24. The molecule has 0 aliphatic rings. The Morgan fingerprint density at radius 2 is 1.84 bits per heavy atom. The number of nitrogens with zero attached hydrogens (tertiary/aromatic N) is 4. The normalized spacial score (nSPS) is 11.8. The van der Waals surface area contributed by atoms with Crippen molar-refractivity contribution in [3.8, 4) is 5.95 Å². The van der Waals surface area contributed by atoms with Crippen molar-refractivity contribution in [3.63, 3.8) is 0 Å². The molecular formula is C17H27ClN6O. The van der Waals surface area contributed by atoms with Crippen LogP contribution in [0, 0.1) is 33.6 Å². The Kier molecular flexibility index (Phi) is 7.51. The lowest BCUT2D eigenvalue weighted by atomic mass is 10.1. The Balaban J connectivity index is 0.00000312. The summed E-state index contributed by atoms with van der Waals surface area (Å²) >= 11 is 0. The molecule has 0 aliphatic carbocycles. The van der Waals surface area contributed by atoms with Gasteiger partial charge in [0.05, 0.1) is 12.1 Å². The van der Waals surface area contributed by atoms with Gasteiger partial charge >= 0.3 is 0 Å². The summed E-state index contributed by atoms with van der Waals surface area (Å²) in [5.74, 6) is 0.779. The summed E-state index contributed by atoms with van der Waals surface area (Å²) in [6, 6.07) is 1.92. The number of carbonyl (C=O) groups is 1. The van der Waals surface area contributed by atoms with E-state index < -0.39 is 0 Å². The van der Waals surface area contributed by atoms with E-state index in [4.69, 9.17) is 5.73 Å². The second-order valence-electron chi connectivity index (χ2n) is 6.33. The highest BCUT2D eigenvalue weighted by atomic mass is 35.5. The number of nitrogens with two attached hydrogens (primary N) is 1. The van der Waals surface area contributed by atoms with E-state index >= 15 is 0 Å². The molecule has 7 nitrogen and oxygen atoms in total. The van der Waals surface area contributed by atoms with Crippen LogP contribution >= 0.6 is 12.4 Å². The van der Waals surface area contributed by atoms with E-state index in [9.17, 15) is 4.79 Å². The van der Waals surface area contributed by atoms with Gasteiger partial charge in [0.15, 0.2) is 0 Å². The van der Waals surface area contributed by atoms with Crippen molar-refractivity contribution in [1.82, 2.24) is 25.1 Å². The Labute approximate surface area is 154 Å². The van der Waals surface area contributed by atoms with E-state index in [1.54, 1.807) is 4.68 Å². The molecule has 8 heteroatoms. The topological polar surface area (TPSA) is 98.7 Å². The lowest BCUT2D eigenvalue weighted by Crippen LogP contribution is -2.32. The Hall–Kier alpha value is -1.99. The monoisotopic (exact) mass is 366 g/mol. The van der Waals surface area contributed by atoms with Crippen LogP contribution in [0.4, 0.5) is 0 Å². The molecule has 0 saturated carbocycles. The maximum absolute atomic E-state index is 12.2. The number of rotatable bonds is 6. The summed E-state index contributed by atoms with van der Waals surface area (Å²) in [7, 11) is 0. The molecule has 2 heterocycles. The molecule has 0 radical (unpaired) electrons. The van der Waals surface area contributed by atoms with Crippen molar-refractivity contribution >= 4 is 18.3 Å². The summed E-state index contributed by atoms with van der Waals surface area (Å²) in [5.41, 5.74) is 9.97. The molecule has 2 aromatic rings. The predicted molar refractivity (Wildman–Crippen MR) is 100 cm³/mol. The molecule has 0 aliphatic heterocycles. The molecule has 0 aromatic carbocycles. The number of carbonyl (C=O) groups excluding carboxylic acids is 1.